The van der Waals surface area contributed by atoms with Gasteiger partial charge in [0.25, 0.3) is 0 Å². The van der Waals surface area contributed by atoms with Crippen LogP contribution in [-0.4, -0.2) is 48.8 Å². The van der Waals surface area contributed by atoms with Crippen LogP contribution in [0.1, 0.15) is 51.4 Å². The monoisotopic (exact) mass is 305 g/mol. The fraction of sp³-hybridized carbons (Fsp3) is 0.833. The molecule has 0 unspecified atom stereocenters. The van der Waals surface area contributed by atoms with Crippen LogP contribution in [0.3, 0.4) is 0 Å². The first-order chi connectivity index (χ1) is 10.8. The molecular weight excluding hydrogens is 278 g/mol. The van der Waals surface area contributed by atoms with Gasteiger partial charge in [-0.25, -0.2) is 0 Å². The molecule has 0 aromatic carbocycles. The fourth-order valence-electron chi connectivity index (χ4n) is 4.11. The van der Waals surface area contributed by atoms with Crippen LogP contribution in [0.15, 0.2) is 11.6 Å². The van der Waals surface area contributed by atoms with E-state index >= 15 is 0 Å². The maximum atomic E-state index is 12.8. The maximum absolute atomic E-state index is 12.8. The van der Waals surface area contributed by atoms with Gasteiger partial charge in [0.05, 0.1) is 18.8 Å². The molecular formula is C18H27NO3. The molecule has 0 bridgehead atoms. The molecule has 1 amide bonds. The van der Waals surface area contributed by atoms with Crippen LogP contribution in [0.25, 0.3) is 0 Å². The summed E-state index contributed by atoms with van der Waals surface area (Å²) in [7, 11) is 0. The van der Waals surface area contributed by atoms with Crippen LogP contribution < -0.4 is 0 Å². The quantitative estimate of drug-likeness (QED) is 0.801. The predicted octanol–water partition coefficient (Wildman–Crippen LogP) is 2.67. The van der Waals surface area contributed by atoms with E-state index in [2.05, 4.69) is 11.0 Å². The van der Waals surface area contributed by atoms with Crippen molar-refractivity contribution >= 4 is 5.91 Å². The number of hydrogen-bond donors (Lipinski definition) is 0. The van der Waals surface area contributed by atoms with E-state index < -0.39 is 0 Å². The Bertz CT molecular complexity index is 457. The summed E-state index contributed by atoms with van der Waals surface area (Å²) in [5, 5.41) is 0. The van der Waals surface area contributed by atoms with Gasteiger partial charge in [-0.15, -0.1) is 0 Å². The van der Waals surface area contributed by atoms with Gasteiger partial charge in [-0.3, -0.25) is 4.79 Å². The van der Waals surface area contributed by atoms with E-state index in [1.807, 2.05) is 0 Å². The molecule has 2 saturated carbocycles. The van der Waals surface area contributed by atoms with Gasteiger partial charge in [-0.1, -0.05) is 6.08 Å². The minimum absolute atomic E-state index is 0.0978. The highest BCUT2D eigenvalue weighted by Crippen LogP contribution is 2.36. The number of nitrogens with zero attached hydrogens (tertiary/aromatic N) is 1. The van der Waals surface area contributed by atoms with E-state index in [9.17, 15) is 4.79 Å². The predicted molar refractivity (Wildman–Crippen MR) is 83.5 cm³/mol. The third-order valence-corrected chi connectivity index (χ3v) is 5.60. The molecule has 22 heavy (non-hydrogen) atoms. The van der Waals surface area contributed by atoms with E-state index in [0.717, 1.165) is 56.7 Å². The largest absolute Gasteiger partial charge is 0.375 e. The summed E-state index contributed by atoms with van der Waals surface area (Å²) >= 11 is 0. The van der Waals surface area contributed by atoms with Gasteiger partial charge in [0.2, 0.25) is 5.91 Å². The van der Waals surface area contributed by atoms with Crippen LogP contribution >= 0.6 is 0 Å². The molecule has 0 aromatic heterocycles. The van der Waals surface area contributed by atoms with Gasteiger partial charge in [0.15, 0.2) is 0 Å². The zero-order chi connectivity index (χ0) is 14.9. The van der Waals surface area contributed by atoms with Crippen LogP contribution in [-0.2, 0) is 14.3 Å². The first-order valence-corrected chi connectivity index (χ1v) is 9.06. The number of carbonyl (C=O) groups excluding carboxylic acids is 1. The number of carbonyl (C=O) groups is 1. The fourth-order valence-corrected chi connectivity index (χ4v) is 4.11. The van der Waals surface area contributed by atoms with E-state index in [4.69, 9.17) is 9.47 Å². The topological polar surface area (TPSA) is 38.8 Å². The van der Waals surface area contributed by atoms with Crippen molar-refractivity contribution in [1.82, 2.24) is 4.90 Å². The standard InChI is InChI=1S/C18H27NO3/c20-18(14-4-2-1-3-5-14)19-10-11-21-17-15(19)8-9-16(17)22-12-13-6-7-13/h4,13,15-17H,1-3,5-12H2/t15-,16-,17+/m0/s1. The Kier molecular flexibility index (Phi) is 4.23. The van der Waals surface area contributed by atoms with Crippen molar-refractivity contribution in [2.45, 2.75) is 69.6 Å². The summed E-state index contributed by atoms with van der Waals surface area (Å²) in [5.41, 5.74) is 1.04. The lowest BCUT2D eigenvalue weighted by molar-refractivity contribution is -0.148. The molecule has 3 atom stereocenters. The lowest BCUT2D eigenvalue weighted by Crippen LogP contribution is -2.54. The Morgan fingerprint density at radius 1 is 1.27 bits per heavy atom. The van der Waals surface area contributed by atoms with E-state index in [1.54, 1.807) is 0 Å². The Morgan fingerprint density at radius 2 is 2.18 bits per heavy atom. The molecule has 4 aliphatic rings. The normalized spacial score (nSPS) is 35.2. The van der Waals surface area contributed by atoms with Crippen LogP contribution in [0.4, 0.5) is 0 Å². The first kappa shape index (κ1) is 14.7. The molecule has 0 aromatic rings. The molecule has 4 heteroatoms. The summed E-state index contributed by atoms with van der Waals surface area (Å²) in [5.74, 6) is 1.05. The summed E-state index contributed by atoms with van der Waals surface area (Å²) in [4.78, 5) is 14.9. The van der Waals surface area contributed by atoms with Crippen molar-refractivity contribution < 1.29 is 14.3 Å². The summed E-state index contributed by atoms with van der Waals surface area (Å²) in [6, 6.07) is 0.230. The number of morpholine rings is 1. The van der Waals surface area contributed by atoms with Crippen molar-refractivity contribution in [2.75, 3.05) is 19.8 Å². The molecule has 1 saturated heterocycles. The average molecular weight is 305 g/mol. The zero-order valence-electron chi connectivity index (χ0n) is 13.3. The Hall–Kier alpha value is -0.870. The van der Waals surface area contributed by atoms with Gasteiger partial charge in [-0.2, -0.15) is 0 Å². The summed E-state index contributed by atoms with van der Waals surface area (Å²) in [6.07, 6.45) is 11.5. The average Bonchev–Trinajstić information content (AvgIpc) is 3.31. The molecule has 0 radical (unpaired) electrons. The number of rotatable bonds is 4. The van der Waals surface area contributed by atoms with Gasteiger partial charge in [0, 0.05) is 18.7 Å². The van der Waals surface area contributed by atoms with Crippen LogP contribution in [0, 0.1) is 5.92 Å². The number of amides is 1. The highest BCUT2D eigenvalue weighted by atomic mass is 16.5. The van der Waals surface area contributed by atoms with Crippen molar-refractivity contribution in [2.24, 2.45) is 5.92 Å². The van der Waals surface area contributed by atoms with E-state index in [-0.39, 0.29) is 24.2 Å². The minimum Gasteiger partial charge on any atom is -0.375 e. The lowest BCUT2D eigenvalue weighted by Gasteiger charge is -2.39. The Balaban J connectivity index is 1.41. The number of hydrogen-bond acceptors (Lipinski definition) is 3. The summed E-state index contributed by atoms with van der Waals surface area (Å²) < 4.78 is 12.1. The lowest BCUT2D eigenvalue weighted by atomic mass is 9.97. The van der Waals surface area contributed by atoms with E-state index in [0.29, 0.717) is 6.61 Å². The maximum Gasteiger partial charge on any atom is 0.249 e. The first-order valence-electron chi connectivity index (χ1n) is 9.06. The second-order valence-corrected chi connectivity index (χ2v) is 7.27. The van der Waals surface area contributed by atoms with Gasteiger partial charge in [-0.05, 0) is 57.3 Å². The molecule has 0 N–H and O–H groups in total. The zero-order valence-corrected chi connectivity index (χ0v) is 13.3. The Labute approximate surface area is 132 Å². The molecule has 4 nitrogen and oxygen atoms in total. The minimum atomic E-state index is 0.0978. The van der Waals surface area contributed by atoms with E-state index in [1.165, 1.54) is 19.3 Å². The molecule has 0 spiro atoms. The van der Waals surface area contributed by atoms with Crippen molar-refractivity contribution in [3.63, 3.8) is 0 Å². The van der Waals surface area contributed by atoms with Gasteiger partial charge >= 0.3 is 0 Å². The molecule has 1 heterocycles. The third-order valence-electron chi connectivity index (χ3n) is 5.60. The second-order valence-electron chi connectivity index (χ2n) is 7.27. The van der Waals surface area contributed by atoms with Crippen molar-refractivity contribution in [3.05, 3.63) is 11.6 Å². The Morgan fingerprint density at radius 3 is 2.95 bits per heavy atom. The summed E-state index contributed by atoms with van der Waals surface area (Å²) in [6.45, 7) is 2.28. The second kappa shape index (κ2) is 6.32. The van der Waals surface area contributed by atoms with Crippen molar-refractivity contribution in [3.8, 4) is 0 Å². The molecule has 3 fully saturated rings. The number of allylic oxidation sites excluding steroid dienone is 1. The number of fused-ring (bicyclic) bond motifs is 1. The number of ether oxygens (including phenoxy) is 2. The molecule has 122 valence electrons. The van der Waals surface area contributed by atoms with Crippen LogP contribution in [0.2, 0.25) is 0 Å². The van der Waals surface area contributed by atoms with Crippen LogP contribution in [0.5, 0.6) is 0 Å². The molecule has 3 aliphatic carbocycles. The molecule has 1 aliphatic heterocycles. The highest BCUT2D eigenvalue weighted by Gasteiger charge is 2.45. The third kappa shape index (κ3) is 2.95. The highest BCUT2D eigenvalue weighted by molar-refractivity contribution is 5.93. The smallest absolute Gasteiger partial charge is 0.249 e. The van der Waals surface area contributed by atoms with Crippen molar-refractivity contribution in [1.29, 1.82) is 0 Å². The van der Waals surface area contributed by atoms with Gasteiger partial charge in [0.1, 0.15) is 6.10 Å². The van der Waals surface area contributed by atoms with Gasteiger partial charge < -0.3 is 14.4 Å². The SMILES string of the molecule is O=C(C1=CCCCC1)N1CCO[C@H]2[C@@H](OCC3CC3)CC[C@@H]21. The molecule has 4 rings (SSSR count).